The zero-order valence-electron chi connectivity index (χ0n) is 13.6. The second kappa shape index (κ2) is 6.13. The summed E-state index contributed by atoms with van der Waals surface area (Å²) >= 11 is 5.91. The minimum atomic E-state index is -0.174. The van der Waals surface area contributed by atoms with E-state index in [9.17, 15) is 4.79 Å². The minimum absolute atomic E-state index is 0.134. The van der Waals surface area contributed by atoms with E-state index in [4.69, 9.17) is 16.0 Å². The topological polar surface area (TPSA) is 55.1 Å². The molecule has 0 aliphatic rings. The fourth-order valence-corrected chi connectivity index (χ4v) is 2.25. The second-order valence-electron chi connectivity index (χ2n) is 6.46. The van der Waals surface area contributed by atoms with E-state index in [1.54, 1.807) is 12.1 Å². The van der Waals surface area contributed by atoms with Gasteiger partial charge in [0.25, 0.3) is 0 Å². The molecule has 0 aliphatic carbocycles. The van der Waals surface area contributed by atoms with Gasteiger partial charge in [-0.3, -0.25) is 4.79 Å². The number of halogens is 1. The lowest BCUT2D eigenvalue weighted by molar-refractivity contribution is -0.115. The first-order valence-corrected chi connectivity index (χ1v) is 7.57. The van der Waals surface area contributed by atoms with Crippen molar-refractivity contribution in [1.82, 2.24) is 4.98 Å². The highest BCUT2D eigenvalue weighted by atomic mass is 35.5. The van der Waals surface area contributed by atoms with Crippen LogP contribution in [0.15, 0.2) is 22.6 Å². The van der Waals surface area contributed by atoms with E-state index >= 15 is 0 Å². The number of amides is 1. The van der Waals surface area contributed by atoms with Crippen molar-refractivity contribution < 1.29 is 9.21 Å². The lowest BCUT2D eigenvalue weighted by Gasteiger charge is -2.12. The zero-order chi connectivity index (χ0) is 16.5. The van der Waals surface area contributed by atoms with E-state index in [2.05, 4.69) is 10.3 Å². The summed E-state index contributed by atoms with van der Waals surface area (Å²) in [5.74, 6) is 1.12. The van der Waals surface area contributed by atoms with Crippen LogP contribution in [0.3, 0.4) is 0 Å². The third kappa shape index (κ3) is 3.89. The van der Waals surface area contributed by atoms with Crippen LogP contribution in [0.1, 0.15) is 43.7 Å². The standard InChI is InChI=1S/C17H21ClN2O2/c1-10-8-12(18)6-7-13(10)20-15(21)9-14-11(2)19-16(22-14)17(3,4)5/h6-8H,9H2,1-5H3,(H,20,21). The normalized spacial score (nSPS) is 11.5. The number of hydrogen-bond donors (Lipinski definition) is 1. The van der Waals surface area contributed by atoms with Crippen LogP contribution in [0.4, 0.5) is 5.69 Å². The molecular weight excluding hydrogens is 300 g/mol. The van der Waals surface area contributed by atoms with Crippen molar-refractivity contribution in [2.75, 3.05) is 5.32 Å². The number of benzene rings is 1. The fourth-order valence-electron chi connectivity index (χ4n) is 2.02. The fraction of sp³-hybridized carbons (Fsp3) is 0.412. The molecule has 118 valence electrons. The lowest BCUT2D eigenvalue weighted by Crippen LogP contribution is -2.15. The molecule has 0 fully saturated rings. The van der Waals surface area contributed by atoms with E-state index in [0.717, 1.165) is 16.9 Å². The number of hydrogen-bond acceptors (Lipinski definition) is 3. The third-order valence-corrected chi connectivity index (χ3v) is 3.55. The van der Waals surface area contributed by atoms with Gasteiger partial charge in [0.15, 0.2) is 5.89 Å². The van der Waals surface area contributed by atoms with E-state index in [1.807, 2.05) is 40.7 Å². The predicted octanol–water partition coefficient (Wildman–Crippen LogP) is 4.42. The van der Waals surface area contributed by atoms with Crippen LogP contribution in [0.25, 0.3) is 0 Å². The molecule has 4 nitrogen and oxygen atoms in total. The van der Waals surface area contributed by atoms with Crippen molar-refractivity contribution in [2.45, 2.75) is 46.5 Å². The highest BCUT2D eigenvalue weighted by Gasteiger charge is 2.23. The quantitative estimate of drug-likeness (QED) is 0.910. The monoisotopic (exact) mass is 320 g/mol. The van der Waals surface area contributed by atoms with Crippen molar-refractivity contribution in [2.24, 2.45) is 0 Å². The second-order valence-corrected chi connectivity index (χ2v) is 6.90. The average molecular weight is 321 g/mol. The first kappa shape index (κ1) is 16.6. The summed E-state index contributed by atoms with van der Waals surface area (Å²) in [5.41, 5.74) is 2.26. The number of carbonyl (C=O) groups is 1. The number of nitrogens with zero attached hydrogens (tertiary/aromatic N) is 1. The average Bonchev–Trinajstić information content (AvgIpc) is 2.74. The molecule has 0 aliphatic heterocycles. The molecule has 0 saturated carbocycles. The van der Waals surface area contributed by atoms with Crippen LogP contribution < -0.4 is 5.32 Å². The molecule has 1 aromatic carbocycles. The smallest absolute Gasteiger partial charge is 0.232 e. The summed E-state index contributed by atoms with van der Waals surface area (Å²) in [6.07, 6.45) is 0.164. The molecule has 0 bridgehead atoms. The molecular formula is C17H21ClN2O2. The Morgan fingerprint density at radius 1 is 1.32 bits per heavy atom. The van der Waals surface area contributed by atoms with Crippen LogP contribution in [0, 0.1) is 13.8 Å². The molecule has 1 amide bonds. The van der Waals surface area contributed by atoms with Crippen molar-refractivity contribution in [3.05, 3.63) is 46.1 Å². The van der Waals surface area contributed by atoms with Crippen LogP contribution in [0.5, 0.6) is 0 Å². The van der Waals surface area contributed by atoms with Crippen molar-refractivity contribution >= 4 is 23.2 Å². The Bertz CT molecular complexity index is 699. The molecule has 0 saturated heterocycles. The Morgan fingerprint density at radius 2 is 2.00 bits per heavy atom. The Kier molecular flexibility index (Phi) is 4.61. The Hall–Kier alpha value is -1.81. The first-order chi connectivity index (χ1) is 10.2. The molecule has 0 unspecified atom stereocenters. The number of aromatic nitrogens is 1. The maximum Gasteiger partial charge on any atom is 0.232 e. The first-order valence-electron chi connectivity index (χ1n) is 7.19. The Balaban J connectivity index is 2.11. The molecule has 1 heterocycles. The van der Waals surface area contributed by atoms with Gasteiger partial charge in [-0.2, -0.15) is 0 Å². The summed E-state index contributed by atoms with van der Waals surface area (Å²) in [6.45, 7) is 9.84. The van der Waals surface area contributed by atoms with Crippen molar-refractivity contribution in [1.29, 1.82) is 0 Å². The van der Waals surface area contributed by atoms with Crippen molar-refractivity contribution in [3.8, 4) is 0 Å². The minimum Gasteiger partial charge on any atom is -0.444 e. The largest absolute Gasteiger partial charge is 0.444 e. The zero-order valence-corrected chi connectivity index (χ0v) is 14.3. The molecule has 22 heavy (non-hydrogen) atoms. The van der Waals surface area contributed by atoms with Gasteiger partial charge in [0.1, 0.15) is 5.76 Å². The maximum absolute atomic E-state index is 12.2. The van der Waals surface area contributed by atoms with Gasteiger partial charge < -0.3 is 9.73 Å². The number of nitrogens with one attached hydrogen (secondary N) is 1. The van der Waals surface area contributed by atoms with E-state index in [0.29, 0.717) is 16.7 Å². The Morgan fingerprint density at radius 3 is 2.55 bits per heavy atom. The summed E-state index contributed by atoms with van der Waals surface area (Å²) in [5, 5.41) is 3.53. The SMILES string of the molecule is Cc1cc(Cl)ccc1NC(=O)Cc1oc(C(C)(C)C)nc1C. The number of carbonyl (C=O) groups excluding carboxylic acids is 1. The highest BCUT2D eigenvalue weighted by Crippen LogP contribution is 2.24. The summed E-state index contributed by atoms with van der Waals surface area (Å²) < 4.78 is 5.74. The van der Waals surface area contributed by atoms with Gasteiger partial charge >= 0.3 is 0 Å². The van der Waals surface area contributed by atoms with Crippen LogP contribution in [-0.4, -0.2) is 10.9 Å². The lowest BCUT2D eigenvalue weighted by atomic mass is 9.97. The van der Waals surface area contributed by atoms with Gasteiger partial charge in [0.05, 0.1) is 12.1 Å². The molecule has 2 rings (SSSR count). The summed E-state index contributed by atoms with van der Waals surface area (Å²) in [4.78, 5) is 16.6. The molecule has 2 aromatic rings. The molecule has 5 heteroatoms. The highest BCUT2D eigenvalue weighted by molar-refractivity contribution is 6.30. The van der Waals surface area contributed by atoms with E-state index in [1.165, 1.54) is 0 Å². The number of rotatable bonds is 3. The third-order valence-electron chi connectivity index (χ3n) is 3.32. The Labute approximate surface area is 135 Å². The molecule has 1 N–H and O–H groups in total. The number of anilines is 1. The van der Waals surface area contributed by atoms with Crippen LogP contribution in [0.2, 0.25) is 5.02 Å². The van der Waals surface area contributed by atoms with Crippen molar-refractivity contribution in [3.63, 3.8) is 0 Å². The van der Waals surface area contributed by atoms with Gasteiger partial charge in [0.2, 0.25) is 5.91 Å². The summed E-state index contributed by atoms with van der Waals surface area (Å²) in [7, 11) is 0. The van der Waals surface area contributed by atoms with Crippen LogP contribution in [-0.2, 0) is 16.6 Å². The van der Waals surface area contributed by atoms with Gasteiger partial charge in [-0.15, -0.1) is 0 Å². The van der Waals surface area contributed by atoms with E-state index in [-0.39, 0.29) is 17.7 Å². The summed E-state index contributed by atoms with van der Waals surface area (Å²) in [6, 6.07) is 5.36. The maximum atomic E-state index is 12.2. The number of oxazole rings is 1. The molecule has 1 aromatic heterocycles. The predicted molar refractivity (Wildman–Crippen MR) is 88.5 cm³/mol. The molecule has 0 radical (unpaired) electrons. The van der Waals surface area contributed by atoms with E-state index < -0.39 is 0 Å². The molecule has 0 atom stereocenters. The van der Waals surface area contributed by atoms with Gasteiger partial charge in [0, 0.05) is 16.1 Å². The van der Waals surface area contributed by atoms with Gasteiger partial charge in [-0.25, -0.2) is 4.98 Å². The number of aryl methyl sites for hydroxylation is 2. The van der Waals surface area contributed by atoms with Gasteiger partial charge in [-0.05, 0) is 37.6 Å². The van der Waals surface area contributed by atoms with Gasteiger partial charge in [-0.1, -0.05) is 32.4 Å². The molecule has 0 spiro atoms. The van der Waals surface area contributed by atoms with Crippen LogP contribution >= 0.6 is 11.6 Å².